The molecule has 7 rings (SSSR count). The zero-order valence-corrected chi connectivity index (χ0v) is 28.5. The van der Waals surface area contributed by atoms with Gasteiger partial charge in [0.05, 0.1) is 29.2 Å². The van der Waals surface area contributed by atoms with Crippen molar-refractivity contribution >= 4 is 40.3 Å². The number of aromatic nitrogens is 7. The Morgan fingerprint density at radius 1 is 1.14 bits per heavy atom. The van der Waals surface area contributed by atoms with Gasteiger partial charge in [-0.1, -0.05) is 24.6 Å². The number of likely N-dealkylation sites (tertiary alicyclic amines) is 1. The number of aromatic hydroxyl groups is 1. The van der Waals surface area contributed by atoms with E-state index in [4.69, 9.17) is 16.3 Å². The Morgan fingerprint density at radius 3 is 2.61 bits per heavy atom. The molecule has 0 unspecified atom stereocenters. The molecule has 1 saturated heterocycles. The van der Waals surface area contributed by atoms with Crippen molar-refractivity contribution in [2.24, 2.45) is 0 Å². The highest BCUT2D eigenvalue weighted by Gasteiger charge is 2.49. The lowest BCUT2D eigenvalue weighted by molar-refractivity contribution is -0.116. The average Bonchev–Trinajstić information content (AvgIpc) is 3.69. The number of benzene rings is 1. The molecule has 5 heterocycles. The number of methoxy groups -OCH3 is 1. The summed E-state index contributed by atoms with van der Waals surface area (Å²) < 4.78 is 33.4. The Bertz CT molecular complexity index is 2270. The Labute approximate surface area is 294 Å². The van der Waals surface area contributed by atoms with Crippen LogP contribution in [-0.4, -0.2) is 76.5 Å². The van der Waals surface area contributed by atoms with Crippen molar-refractivity contribution in [2.75, 3.05) is 25.5 Å². The summed E-state index contributed by atoms with van der Waals surface area (Å²) in [7, 11) is 1.47. The summed E-state index contributed by atoms with van der Waals surface area (Å²) in [6.07, 6.45) is 1.47. The number of carbonyl (C=O) groups excluding carboxylic acids is 2. The quantitative estimate of drug-likeness (QED) is 0.240. The maximum Gasteiger partial charge on any atom is 0.276 e. The second kappa shape index (κ2) is 13.0. The number of nitrogens with one attached hydrogen (secondary N) is 1. The molecular weight excluding hydrogens is 688 g/mol. The van der Waals surface area contributed by atoms with E-state index in [-0.39, 0.29) is 56.8 Å². The first-order valence-corrected chi connectivity index (χ1v) is 16.5. The molecule has 4 aromatic heterocycles. The van der Waals surface area contributed by atoms with E-state index in [1.165, 1.54) is 36.6 Å². The van der Waals surface area contributed by atoms with Crippen molar-refractivity contribution in [2.45, 2.75) is 57.4 Å². The number of piperidine rings is 1. The fourth-order valence-corrected chi connectivity index (χ4v) is 7.53. The smallest absolute Gasteiger partial charge is 0.276 e. The number of hydrogen-bond acceptors (Lipinski definition) is 10. The molecule has 1 aliphatic carbocycles. The summed E-state index contributed by atoms with van der Waals surface area (Å²) in [6, 6.07) is 6.85. The molecule has 0 radical (unpaired) electrons. The Morgan fingerprint density at radius 2 is 1.90 bits per heavy atom. The minimum atomic E-state index is -2.73. The number of alkyl halides is 2. The van der Waals surface area contributed by atoms with E-state index in [1.807, 2.05) is 6.92 Å². The van der Waals surface area contributed by atoms with Gasteiger partial charge in [0.2, 0.25) is 17.2 Å². The molecule has 2 aliphatic rings. The van der Waals surface area contributed by atoms with Crippen LogP contribution in [0.4, 0.5) is 14.5 Å². The molecule has 1 aliphatic heterocycles. The highest BCUT2D eigenvalue weighted by molar-refractivity contribution is 6.33. The van der Waals surface area contributed by atoms with Gasteiger partial charge in [0.1, 0.15) is 12.9 Å². The van der Waals surface area contributed by atoms with Gasteiger partial charge >= 0.3 is 0 Å². The summed E-state index contributed by atoms with van der Waals surface area (Å²) in [5, 5.41) is 22.4. The second-order valence-corrected chi connectivity index (χ2v) is 13.2. The summed E-state index contributed by atoms with van der Waals surface area (Å²) >= 11 is 6.25. The van der Waals surface area contributed by atoms with Gasteiger partial charge in [0.25, 0.3) is 12.3 Å². The lowest BCUT2D eigenvalue weighted by atomic mass is 9.73. The van der Waals surface area contributed by atoms with Crippen LogP contribution >= 0.6 is 11.6 Å². The third kappa shape index (κ3) is 5.92. The van der Waals surface area contributed by atoms with Crippen LogP contribution in [0.3, 0.4) is 0 Å². The van der Waals surface area contributed by atoms with E-state index in [0.29, 0.717) is 60.9 Å². The van der Waals surface area contributed by atoms with Gasteiger partial charge in [-0.2, -0.15) is 0 Å². The molecule has 0 bridgehead atoms. The minimum absolute atomic E-state index is 0.0463. The van der Waals surface area contributed by atoms with Gasteiger partial charge in [-0.3, -0.25) is 14.4 Å². The van der Waals surface area contributed by atoms with Crippen LogP contribution in [-0.2, 0) is 16.8 Å². The number of halogens is 3. The van der Waals surface area contributed by atoms with Crippen molar-refractivity contribution in [3.05, 3.63) is 86.3 Å². The normalized spacial score (nSPS) is 16.5. The highest BCUT2D eigenvalue weighted by Crippen LogP contribution is 2.51. The summed E-state index contributed by atoms with van der Waals surface area (Å²) in [5.74, 6) is -1.12. The van der Waals surface area contributed by atoms with Gasteiger partial charge in [0.15, 0.2) is 22.6 Å². The number of aryl methyl sites for hydroxylation is 1. The van der Waals surface area contributed by atoms with Gasteiger partial charge in [0, 0.05) is 47.6 Å². The summed E-state index contributed by atoms with van der Waals surface area (Å²) in [5.41, 5.74) is 0.960. The lowest BCUT2D eigenvalue weighted by Crippen LogP contribution is -2.46. The largest absolute Gasteiger partial charge is 0.504 e. The number of pyridine rings is 2. The molecule has 5 aromatic rings. The van der Waals surface area contributed by atoms with Crippen LogP contribution in [0.2, 0.25) is 5.02 Å². The Kier molecular flexibility index (Phi) is 8.65. The highest BCUT2D eigenvalue weighted by atomic mass is 35.5. The molecule has 1 spiro atoms. The third-order valence-corrected chi connectivity index (χ3v) is 10.0. The topological polar surface area (TPSA) is 170 Å². The van der Waals surface area contributed by atoms with Gasteiger partial charge in [-0.15, -0.1) is 15.0 Å². The number of anilines is 1. The van der Waals surface area contributed by atoms with Crippen molar-refractivity contribution in [3.63, 3.8) is 0 Å². The van der Waals surface area contributed by atoms with Crippen LogP contribution in [0.25, 0.3) is 16.9 Å². The van der Waals surface area contributed by atoms with Crippen LogP contribution in [0.1, 0.15) is 71.5 Å². The molecule has 1 aromatic carbocycles. The van der Waals surface area contributed by atoms with E-state index in [9.17, 15) is 28.3 Å². The first-order chi connectivity index (χ1) is 24.4. The molecule has 2 N–H and O–H groups in total. The predicted octanol–water partition coefficient (Wildman–Crippen LogP) is 4.70. The molecule has 51 heavy (non-hydrogen) atoms. The summed E-state index contributed by atoms with van der Waals surface area (Å²) in [4.78, 5) is 56.5. The van der Waals surface area contributed by atoms with Crippen molar-refractivity contribution < 1.29 is 28.2 Å². The summed E-state index contributed by atoms with van der Waals surface area (Å²) in [6.45, 7) is 3.86. The zero-order valence-electron chi connectivity index (χ0n) is 27.7. The number of amides is 2. The number of rotatable bonds is 7. The fraction of sp³-hybridized carbons (Fsp3) is 0.353. The number of carbonyl (C=O) groups is 2. The van der Waals surface area contributed by atoms with E-state index in [1.54, 1.807) is 28.5 Å². The van der Waals surface area contributed by atoms with Gasteiger partial charge in [-0.25, -0.2) is 23.7 Å². The predicted molar refractivity (Wildman–Crippen MR) is 181 cm³/mol. The van der Waals surface area contributed by atoms with Crippen molar-refractivity contribution in [1.29, 1.82) is 0 Å². The maximum absolute atomic E-state index is 14.5. The van der Waals surface area contributed by atoms with Crippen LogP contribution < -0.4 is 15.5 Å². The maximum atomic E-state index is 14.5. The standard InChI is InChI=1S/C34H32ClF2N9O5/c1-17-14-34(7-10-44(11-8-34)33(50)27-29(48)18(2)39-16-40-27)25-28(17)45(15-23(47)41-22-5-4-19(31(36)37)12-21(22)35)32-26(30(25)49)42-46(43-32)20-6-9-38-24(13-20)51-3/h4-6,9,12-13,16-17,31,48H,7-8,10-11,14-15H2,1-3H3,(H,41,47)/t17-/m1/s1. The first kappa shape index (κ1) is 34.0. The number of nitrogens with zero attached hydrogens (tertiary/aromatic N) is 8. The van der Waals surface area contributed by atoms with Crippen LogP contribution in [0, 0.1) is 6.92 Å². The average molecular weight is 720 g/mol. The third-order valence-electron chi connectivity index (χ3n) is 9.73. The fourth-order valence-electron chi connectivity index (χ4n) is 7.30. The zero-order chi connectivity index (χ0) is 36.2. The van der Waals surface area contributed by atoms with E-state index < -0.39 is 23.7 Å². The van der Waals surface area contributed by atoms with E-state index in [0.717, 1.165) is 6.07 Å². The number of ether oxygens (including phenoxy) is 1. The molecule has 2 amide bonds. The number of hydrogen-bond donors (Lipinski definition) is 2. The van der Waals surface area contributed by atoms with Crippen molar-refractivity contribution in [3.8, 4) is 17.3 Å². The van der Waals surface area contributed by atoms with Crippen molar-refractivity contribution in [1.82, 2.24) is 39.4 Å². The van der Waals surface area contributed by atoms with E-state index >= 15 is 0 Å². The van der Waals surface area contributed by atoms with E-state index in [2.05, 4.69) is 30.5 Å². The molecule has 17 heteroatoms. The lowest BCUT2D eigenvalue weighted by Gasteiger charge is -2.39. The Balaban J connectivity index is 1.29. The van der Waals surface area contributed by atoms with Gasteiger partial charge < -0.3 is 24.6 Å². The Hall–Kier alpha value is -5.51. The molecule has 1 fully saturated rings. The molecule has 14 nitrogen and oxygen atoms in total. The molecule has 0 saturated carbocycles. The molecule has 1 atom stereocenters. The molecule has 264 valence electrons. The van der Waals surface area contributed by atoms with Gasteiger partial charge in [-0.05, 0) is 50.3 Å². The minimum Gasteiger partial charge on any atom is -0.504 e. The second-order valence-electron chi connectivity index (χ2n) is 12.8. The number of fused-ring (bicyclic) bond motifs is 3. The SMILES string of the molecule is COc1cc(-n2nc3c(=O)c4c(n(CC(=O)Nc5ccc(C(F)F)cc5Cl)c3n2)[C@H](C)CC42CCN(C(=O)c3ncnc(C)c3O)CC2)ccn1. The first-order valence-electron chi connectivity index (χ1n) is 16.1. The van der Waals surface area contributed by atoms with Crippen LogP contribution in [0.15, 0.2) is 47.7 Å². The monoisotopic (exact) mass is 719 g/mol. The van der Waals surface area contributed by atoms with Crippen LogP contribution in [0.5, 0.6) is 11.6 Å². The molecular formula is C34H32ClF2N9O5.